The lowest BCUT2D eigenvalue weighted by Gasteiger charge is -2.07. The third-order valence-electron chi connectivity index (χ3n) is 2.42. The van der Waals surface area contributed by atoms with Crippen LogP contribution in [-0.2, 0) is 0 Å². The second-order valence-electron chi connectivity index (χ2n) is 3.31. The SMILES string of the molecule is Cl.N#Cc1cncc(C2CCNC2)c1. The average molecular weight is 210 g/mol. The first-order valence-corrected chi connectivity index (χ1v) is 4.46. The Balaban J connectivity index is 0.000000980. The van der Waals surface area contributed by atoms with E-state index in [1.807, 2.05) is 12.3 Å². The number of nitrogens with one attached hydrogen (secondary N) is 1. The predicted molar refractivity (Wildman–Crippen MR) is 56.4 cm³/mol. The molecule has 0 aliphatic carbocycles. The molecule has 0 aromatic carbocycles. The van der Waals surface area contributed by atoms with Gasteiger partial charge in [0.1, 0.15) is 6.07 Å². The molecule has 0 bridgehead atoms. The Morgan fingerprint density at radius 3 is 3.00 bits per heavy atom. The van der Waals surface area contributed by atoms with Gasteiger partial charge in [-0.05, 0) is 30.5 Å². The summed E-state index contributed by atoms with van der Waals surface area (Å²) in [5.41, 5.74) is 1.84. The van der Waals surface area contributed by atoms with Crippen LogP contribution in [0.1, 0.15) is 23.5 Å². The number of pyridine rings is 1. The van der Waals surface area contributed by atoms with E-state index in [9.17, 15) is 0 Å². The first kappa shape index (κ1) is 11.0. The van der Waals surface area contributed by atoms with Gasteiger partial charge in [0.2, 0.25) is 0 Å². The second-order valence-corrected chi connectivity index (χ2v) is 3.31. The van der Waals surface area contributed by atoms with E-state index in [1.54, 1.807) is 6.20 Å². The topological polar surface area (TPSA) is 48.7 Å². The van der Waals surface area contributed by atoms with Crippen molar-refractivity contribution in [2.24, 2.45) is 0 Å². The maximum absolute atomic E-state index is 8.70. The molecule has 1 saturated heterocycles. The number of hydrogen-bond donors (Lipinski definition) is 1. The first-order valence-electron chi connectivity index (χ1n) is 4.46. The van der Waals surface area contributed by atoms with Crippen molar-refractivity contribution in [3.8, 4) is 6.07 Å². The van der Waals surface area contributed by atoms with Crippen LogP contribution in [0.3, 0.4) is 0 Å². The van der Waals surface area contributed by atoms with Crippen molar-refractivity contribution in [3.05, 3.63) is 29.6 Å². The van der Waals surface area contributed by atoms with Gasteiger partial charge in [-0.2, -0.15) is 5.26 Å². The van der Waals surface area contributed by atoms with Crippen molar-refractivity contribution in [1.29, 1.82) is 5.26 Å². The molecule has 0 amide bonds. The molecule has 1 aromatic heterocycles. The van der Waals surface area contributed by atoms with Crippen LogP contribution in [0.2, 0.25) is 0 Å². The largest absolute Gasteiger partial charge is 0.316 e. The third kappa shape index (κ3) is 2.22. The van der Waals surface area contributed by atoms with Gasteiger partial charge >= 0.3 is 0 Å². The molecule has 74 valence electrons. The van der Waals surface area contributed by atoms with Gasteiger partial charge in [-0.25, -0.2) is 0 Å². The highest BCUT2D eigenvalue weighted by atomic mass is 35.5. The normalized spacial score (nSPS) is 19.8. The van der Waals surface area contributed by atoms with E-state index >= 15 is 0 Å². The molecule has 1 atom stereocenters. The smallest absolute Gasteiger partial charge is 0.101 e. The van der Waals surface area contributed by atoms with E-state index in [4.69, 9.17) is 5.26 Å². The number of aromatic nitrogens is 1. The number of nitriles is 1. The van der Waals surface area contributed by atoms with Gasteiger partial charge in [0.25, 0.3) is 0 Å². The number of hydrogen-bond acceptors (Lipinski definition) is 3. The predicted octanol–water partition coefficient (Wildman–Crippen LogP) is 1.45. The highest BCUT2D eigenvalue weighted by Crippen LogP contribution is 2.21. The monoisotopic (exact) mass is 209 g/mol. The maximum Gasteiger partial charge on any atom is 0.101 e. The Kier molecular flexibility index (Phi) is 3.87. The Morgan fingerprint density at radius 1 is 1.50 bits per heavy atom. The summed E-state index contributed by atoms with van der Waals surface area (Å²) in [5.74, 6) is 0.542. The van der Waals surface area contributed by atoms with E-state index < -0.39 is 0 Å². The van der Waals surface area contributed by atoms with Crippen LogP contribution in [-0.4, -0.2) is 18.1 Å². The van der Waals surface area contributed by atoms with Crippen molar-refractivity contribution in [1.82, 2.24) is 10.3 Å². The van der Waals surface area contributed by atoms with Gasteiger partial charge in [-0.15, -0.1) is 12.4 Å². The highest BCUT2D eigenvalue weighted by molar-refractivity contribution is 5.85. The fourth-order valence-electron chi connectivity index (χ4n) is 1.68. The van der Waals surface area contributed by atoms with E-state index in [0.29, 0.717) is 11.5 Å². The summed E-state index contributed by atoms with van der Waals surface area (Å²) in [4.78, 5) is 4.05. The molecule has 1 unspecified atom stereocenters. The standard InChI is InChI=1S/C10H11N3.ClH/c11-4-8-3-10(7-13-5-8)9-1-2-12-6-9;/h3,5,7,9,12H,1-2,6H2;1H. The zero-order valence-electron chi connectivity index (χ0n) is 7.73. The van der Waals surface area contributed by atoms with Gasteiger partial charge < -0.3 is 5.32 Å². The van der Waals surface area contributed by atoms with Crippen molar-refractivity contribution < 1.29 is 0 Å². The van der Waals surface area contributed by atoms with Crippen LogP contribution in [0.5, 0.6) is 0 Å². The molecule has 1 aliphatic heterocycles. The van der Waals surface area contributed by atoms with Gasteiger partial charge in [-0.1, -0.05) is 0 Å². The Bertz CT molecular complexity index is 339. The lowest BCUT2D eigenvalue weighted by molar-refractivity contribution is 0.758. The van der Waals surface area contributed by atoms with Crippen LogP contribution in [0.15, 0.2) is 18.5 Å². The zero-order chi connectivity index (χ0) is 9.10. The lowest BCUT2D eigenvalue weighted by Crippen LogP contribution is -2.08. The van der Waals surface area contributed by atoms with Gasteiger partial charge in [0.15, 0.2) is 0 Å². The van der Waals surface area contributed by atoms with E-state index in [2.05, 4.69) is 16.4 Å². The maximum atomic E-state index is 8.70. The number of halogens is 1. The van der Waals surface area contributed by atoms with E-state index in [1.165, 1.54) is 5.56 Å². The molecule has 3 nitrogen and oxygen atoms in total. The van der Waals surface area contributed by atoms with Crippen LogP contribution >= 0.6 is 12.4 Å². The molecule has 1 aromatic rings. The molecule has 4 heteroatoms. The summed E-state index contributed by atoms with van der Waals surface area (Å²) in [7, 11) is 0. The van der Waals surface area contributed by atoms with E-state index in [-0.39, 0.29) is 12.4 Å². The number of rotatable bonds is 1. The van der Waals surface area contributed by atoms with Crippen molar-refractivity contribution in [2.45, 2.75) is 12.3 Å². The molecule has 0 saturated carbocycles. The molecule has 1 fully saturated rings. The van der Waals surface area contributed by atoms with Gasteiger partial charge in [0.05, 0.1) is 5.56 Å². The first-order chi connectivity index (χ1) is 6.40. The summed E-state index contributed by atoms with van der Waals surface area (Å²) >= 11 is 0. The fraction of sp³-hybridized carbons (Fsp3) is 0.400. The summed E-state index contributed by atoms with van der Waals surface area (Å²) in [5, 5.41) is 12.0. The van der Waals surface area contributed by atoms with Crippen LogP contribution in [0.25, 0.3) is 0 Å². The number of nitrogens with zero attached hydrogens (tertiary/aromatic N) is 2. The zero-order valence-corrected chi connectivity index (χ0v) is 8.55. The summed E-state index contributed by atoms with van der Waals surface area (Å²) < 4.78 is 0. The average Bonchev–Trinajstić information content (AvgIpc) is 2.71. The molecule has 1 N–H and O–H groups in total. The van der Waals surface area contributed by atoms with E-state index in [0.717, 1.165) is 19.5 Å². The summed E-state index contributed by atoms with van der Waals surface area (Å²) in [6.45, 7) is 2.08. The molecule has 1 aliphatic rings. The minimum atomic E-state index is 0. The molecule has 2 rings (SSSR count). The van der Waals surface area contributed by atoms with Crippen molar-refractivity contribution >= 4 is 12.4 Å². The van der Waals surface area contributed by atoms with Gasteiger partial charge in [0, 0.05) is 18.9 Å². The fourth-order valence-corrected chi connectivity index (χ4v) is 1.68. The Hall–Kier alpha value is -1.11. The molecular formula is C10H12ClN3. The van der Waals surface area contributed by atoms with Crippen LogP contribution in [0, 0.1) is 11.3 Å². The molecule has 0 spiro atoms. The minimum absolute atomic E-state index is 0. The Labute approximate surface area is 89.6 Å². The molecule has 0 radical (unpaired) electrons. The van der Waals surface area contributed by atoms with Crippen LogP contribution < -0.4 is 5.32 Å². The molecule has 2 heterocycles. The highest BCUT2D eigenvalue weighted by Gasteiger charge is 2.16. The third-order valence-corrected chi connectivity index (χ3v) is 2.42. The van der Waals surface area contributed by atoms with Gasteiger partial charge in [-0.3, -0.25) is 4.98 Å². The van der Waals surface area contributed by atoms with Crippen molar-refractivity contribution in [2.75, 3.05) is 13.1 Å². The van der Waals surface area contributed by atoms with Crippen LogP contribution in [0.4, 0.5) is 0 Å². The second kappa shape index (κ2) is 4.94. The molecule has 14 heavy (non-hydrogen) atoms. The lowest BCUT2D eigenvalue weighted by atomic mass is 9.99. The quantitative estimate of drug-likeness (QED) is 0.762. The van der Waals surface area contributed by atoms with Crippen molar-refractivity contribution in [3.63, 3.8) is 0 Å². The summed E-state index contributed by atoms with van der Waals surface area (Å²) in [6, 6.07) is 4.04. The summed E-state index contributed by atoms with van der Waals surface area (Å²) in [6.07, 6.45) is 4.61. The minimum Gasteiger partial charge on any atom is -0.316 e. The molecular weight excluding hydrogens is 198 g/mol. The Morgan fingerprint density at radius 2 is 2.36 bits per heavy atom.